The Morgan fingerprint density at radius 1 is 0.654 bits per heavy atom. The molecule has 0 aliphatic heterocycles. The Morgan fingerprint density at radius 2 is 1.00 bits per heavy atom. The summed E-state index contributed by atoms with van der Waals surface area (Å²) in [5.41, 5.74) is 2.61. The molecular formula is C20H30O4S2. The van der Waals surface area contributed by atoms with Crippen molar-refractivity contribution < 1.29 is 16.8 Å². The minimum Gasteiger partial charge on any atom is -0.223 e. The molecule has 6 heteroatoms. The summed E-state index contributed by atoms with van der Waals surface area (Å²) >= 11 is 0. The van der Waals surface area contributed by atoms with Crippen LogP contribution in [0.15, 0.2) is 21.0 Å². The summed E-state index contributed by atoms with van der Waals surface area (Å²) < 4.78 is 51.9. The zero-order valence-corrected chi connectivity index (χ0v) is 18.2. The summed E-state index contributed by atoms with van der Waals surface area (Å²) in [5.74, 6) is 0.575. The Balaban J connectivity index is 1.98. The van der Waals surface area contributed by atoms with Crippen LogP contribution >= 0.6 is 0 Å². The van der Waals surface area contributed by atoms with E-state index in [1.807, 2.05) is 0 Å². The van der Waals surface area contributed by atoms with E-state index in [2.05, 4.69) is 0 Å². The maximum Gasteiger partial charge on any atom is 0.181 e. The van der Waals surface area contributed by atoms with Gasteiger partial charge in [-0.15, -0.1) is 0 Å². The Kier molecular flexibility index (Phi) is 3.64. The first kappa shape index (κ1) is 18.7. The molecule has 0 aromatic carbocycles. The third-order valence-electron chi connectivity index (χ3n) is 6.94. The molecule has 4 aliphatic rings. The van der Waals surface area contributed by atoms with E-state index >= 15 is 0 Å². The lowest BCUT2D eigenvalue weighted by Crippen LogP contribution is -2.37. The highest BCUT2D eigenvalue weighted by molar-refractivity contribution is 8.00. The molecule has 1 fully saturated rings. The van der Waals surface area contributed by atoms with Crippen LogP contribution in [0.5, 0.6) is 0 Å². The Hall–Kier alpha value is -0.620. The molecule has 26 heavy (non-hydrogen) atoms. The summed E-state index contributed by atoms with van der Waals surface area (Å²) in [6.07, 6.45) is 4.03. The van der Waals surface area contributed by atoms with E-state index in [0.717, 1.165) is 19.3 Å². The Labute approximate surface area is 158 Å². The van der Waals surface area contributed by atoms with E-state index in [9.17, 15) is 16.8 Å². The normalized spacial score (nSPS) is 34.2. The van der Waals surface area contributed by atoms with E-state index in [-0.39, 0.29) is 21.6 Å². The minimum atomic E-state index is -3.69. The van der Waals surface area contributed by atoms with Gasteiger partial charge in [0, 0.05) is 11.8 Å². The second kappa shape index (κ2) is 5.05. The topological polar surface area (TPSA) is 68.3 Å². The van der Waals surface area contributed by atoms with Gasteiger partial charge in [0.2, 0.25) is 0 Å². The predicted molar refractivity (Wildman–Crippen MR) is 104 cm³/mol. The van der Waals surface area contributed by atoms with Crippen LogP contribution in [0.2, 0.25) is 0 Å². The van der Waals surface area contributed by atoms with Gasteiger partial charge in [0.25, 0.3) is 0 Å². The quantitative estimate of drug-likeness (QED) is 0.521. The molecule has 0 radical (unpaired) electrons. The van der Waals surface area contributed by atoms with Gasteiger partial charge < -0.3 is 0 Å². The Bertz CT molecular complexity index is 874. The molecule has 0 aromatic heterocycles. The van der Waals surface area contributed by atoms with Gasteiger partial charge in [-0.1, -0.05) is 11.1 Å². The fourth-order valence-electron chi connectivity index (χ4n) is 5.62. The molecule has 0 heterocycles. The molecule has 4 rings (SSSR count). The van der Waals surface area contributed by atoms with Crippen LogP contribution < -0.4 is 0 Å². The molecule has 0 unspecified atom stereocenters. The van der Waals surface area contributed by atoms with Crippen molar-refractivity contribution >= 4 is 19.7 Å². The standard InChI is InChI=1S/C20H30O4S2/c1-19(2,3)25(21,22)17-13-10-14(18(17)26(23,24)20(4,5)6)16-12-8-7-11(9-12)15(13)16/h11-14H,7-10H2,1-6H3/t11-,12+,13+,14-. The molecular weight excluding hydrogens is 368 g/mol. The first-order valence-electron chi connectivity index (χ1n) is 9.66. The third kappa shape index (κ3) is 2.12. The number of fused-ring (bicyclic) bond motifs is 8. The number of rotatable bonds is 2. The highest BCUT2D eigenvalue weighted by Crippen LogP contribution is 2.67. The summed E-state index contributed by atoms with van der Waals surface area (Å²) in [6, 6.07) is 0. The number of hydrogen-bond acceptors (Lipinski definition) is 4. The highest BCUT2D eigenvalue weighted by atomic mass is 32.2. The molecule has 0 amide bonds. The second-order valence-corrected chi connectivity index (χ2v) is 15.8. The lowest BCUT2D eigenvalue weighted by atomic mass is 9.85. The van der Waals surface area contributed by atoms with E-state index in [1.165, 1.54) is 11.1 Å². The van der Waals surface area contributed by atoms with Gasteiger partial charge in [-0.3, -0.25) is 0 Å². The molecule has 0 saturated heterocycles. The van der Waals surface area contributed by atoms with E-state index in [4.69, 9.17) is 0 Å². The van der Waals surface area contributed by atoms with Crippen molar-refractivity contribution in [2.75, 3.05) is 0 Å². The van der Waals surface area contributed by atoms with Gasteiger partial charge in [0.15, 0.2) is 19.7 Å². The van der Waals surface area contributed by atoms with E-state index < -0.39 is 29.2 Å². The van der Waals surface area contributed by atoms with E-state index in [0.29, 0.717) is 18.3 Å². The molecule has 146 valence electrons. The van der Waals surface area contributed by atoms with Crippen molar-refractivity contribution in [1.82, 2.24) is 0 Å². The smallest absolute Gasteiger partial charge is 0.181 e. The first-order chi connectivity index (χ1) is 11.7. The predicted octanol–water partition coefficient (Wildman–Crippen LogP) is 4.00. The van der Waals surface area contributed by atoms with Crippen LogP contribution in [0.3, 0.4) is 0 Å². The average Bonchev–Trinajstić information content (AvgIpc) is 3.21. The molecule has 1 saturated carbocycles. The van der Waals surface area contributed by atoms with Crippen LogP contribution in [-0.4, -0.2) is 26.3 Å². The maximum atomic E-state index is 13.5. The van der Waals surface area contributed by atoms with Crippen molar-refractivity contribution in [1.29, 1.82) is 0 Å². The van der Waals surface area contributed by atoms with Gasteiger partial charge >= 0.3 is 0 Å². The SMILES string of the molecule is CC(C)(C)S(=O)(=O)C1=C(S(=O)(=O)C(C)(C)C)[C@H]2C[C@@H]1C1=C2[C@@H]2CC[C@H]1C2. The molecule has 4 atom stereocenters. The summed E-state index contributed by atoms with van der Waals surface area (Å²) in [5, 5.41) is 0. The maximum absolute atomic E-state index is 13.5. The molecule has 4 bridgehead atoms. The first-order valence-corrected chi connectivity index (χ1v) is 12.6. The zero-order valence-electron chi connectivity index (χ0n) is 16.6. The summed E-state index contributed by atoms with van der Waals surface area (Å²) in [6.45, 7) is 10.1. The lowest BCUT2D eigenvalue weighted by molar-refractivity contribution is 0.535. The van der Waals surface area contributed by atoms with Crippen LogP contribution in [0.4, 0.5) is 0 Å². The van der Waals surface area contributed by atoms with Crippen molar-refractivity contribution in [2.24, 2.45) is 23.7 Å². The highest BCUT2D eigenvalue weighted by Gasteiger charge is 2.61. The Morgan fingerprint density at radius 3 is 1.31 bits per heavy atom. The zero-order chi connectivity index (χ0) is 19.4. The van der Waals surface area contributed by atoms with Crippen LogP contribution in [0.1, 0.15) is 67.2 Å². The van der Waals surface area contributed by atoms with Crippen LogP contribution in [0.25, 0.3) is 0 Å². The molecule has 0 spiro atoms. The molecule has 4 nitrogen and oxygen atoms in total. The minimum absolute atomic E-state index is 0.193. The van der Waals surface area contributed by atoms with Gasteiger partial charge in [0.05, 0.1) is 19.3 Å². The van der Waals surface area contributed by atoms with Crippen LogP contribution in [0, 0.1) is 23.7 Å². The molecule has 0 aromatic rings. The van der Waals surface area contributed by atoms with Crippen molar-refractivity contribution in [3.8, 4) is 0 Å². The van der Waals surface area contributed by atoms with Crippen molar-refractivity contribution in [3.63, 3.8) is 0 Å². The summed E-state index contributed by atoms with van der Waals surface area (Å²) in [4.78, 5) is 0.493. The second-order valence-electron chi connectivity index (χ2n) is 10.4. The lowest BCUT2D eigenvalue weighted by Gasteiger charge is -2.33. The van der Waals surface area contributed by atoms with Gasteiger partial charge in [0.1, 0.15) is 0 Å². The largest absolute Gasteiger partial charge is 0.223 e. The molecule has 0 N–H and O–H groups in total. The fraction of sp³-hybridized carbons (Fsp3) is 0.800. The van der Waals surface area contributed by atoms with Gasteiger partial charge in [-0.05, 0) is 79.1 Å². The fourth-order valence-corrected chi connectivity index (χ4v) is 9.61. The monoisotopic (exact) mass is 398 g/mol. The number of allylic oxidation sites excluding steroid dienone is 4. The van der Waals surface area contributed by atoms with Gasteiger partial charge in [-0.25, -0.2) is 16.8 Å². The molecule has 4 aliphatic carbocycles. The van der Waals surface area contributed by atoms with Crippen LogP contribution in [-0.2, 0) is 19.7 Å². The summed E-state index contributed by atoms with van der Waals surface area (Å²) in [7, 11) is -7.38. The van der Waals surface area contributed by atoms with Gasteiger partial charge in [-0.2, -0.15) is 0 Å². The number of sulfone groups is 2. The average molecular weight is 399 g/mol. The van der Waals surface area contributed by atoms with Crippen molar-refractivity contribution in [3.05, 3.63) is 21.0 Å². The number of hydrogen-bond donors (Lipinski definition) is 0. The van der Waals surface area contributed by atoms with Crippen molar-refractivity contribution in [2.45, 2.75) is 76.7 Å². The van der Waals surface area contributed by atoms with E-state index in [1.54, 1.807) is 41.5 Å². The third-order valence-corrected chi connectivity index (χ3v) is 12.5.